The molecule has 0 aromatic carbocycles. The van der Waals surface area contributed by atoms with Gasteiger partial charge >= 0.3 is 0 Å². The number of hydrogen-bond donors (Lipinski definition) is 1. The molecule has 1 amide bonds. The fraction of sp³-hybridized carbons (Fsp3) is 0.500. The second kappa shape index (κ2) is 8.05. The van der Waals surface area contributed by atoms with E-state index in [1.54, 1.807) is 16.8 Å². The van der Waals surface area contributed by atoms with Gasteiger partial charge in [-0.2, -0.15) is 0 Å². The minimum absolute atomic E-state index is 0.0124. The van der Waals surface area contributed by atoms with Crippen LogP contribution in [-0.4, -0.2) is 30.7 Å². The quantitative estimate of drug-likeness (QED) is 0.768. The molecule has 0 fully saturated rings. The number of hydrogen-bond acceptors (Lipinski definition) is 3. The summed E-state index contributed by atoms with van der Waals surface area (Å²) in [5, 5.41) is 2.74. The Labute approximate surface area is 114 Å². The highest BCUT2D eigenvalue weighted by atomic mass is 79.9. The summed E-state index contributed by atoms with van der Waals surface area (Å²) in [4.78, 5) is 22.6. The van der Waals surface area contributed by atoms with E-state index in [-0.39, 0.29) is 18.1 Å². The van der Waals surface area contributed by atoms with E-state index in [0.29, 0.717) is 13.1 Å². The molecule has 5 nitrogen and oxygen atoms in total. The lowest BCUT2D eigenvalue weighted by Gasteiger charge is -2.07. The number of methoxy groups -OCH3 is 1. The van der Waals surface area contributed by atoms with Gasteiger partial charge in [0.05, 0.1) is 0 Å². The molecule has 18 heavy (non-hydrogen) atoms. The highest BCUT2D eigenvalue weighted by Crippen LogP contribution is 2.05. The van der Waals surface area contributed by atoms with Crippen molar-refractivity contribution in [3.63, 3.8) is 0 Å². The normalized spacial score (nSPS) is 10.3. The first-order chi connectivity index (χ1) is 8.63. The van der Waals surface area contributed by atoms with Crippen molar-refractivity contribution in [2.75, 3.05) is 20.3 Å². The smallest absolute Gasteiger partial charge is 0.250 e. The Balaban J connectivity index is 2.24. The molecule has 100 valence electrons. The number of unbranched alkanes of at least 4 members (excludes halogenated alkanes) is 1. The van der Waals surface area contributed by atoms with Crippen molar-refractivity contribution in [3.8, 4) is 0 Å². The number of nitrogens with zero attached hydrogens (tertiary/aromatic N) is 1. The molecule has 0 aliphatic rings. The molecule has 0 aliphatic heterocycles. The van der Waals surface area contributed by atoms with Gasteiger partial charge in [-0.3, -0.25) is 9.59 Å². The maximum atomic E-state index is 11.5. The first kappa shape index (κ1) is 14.9. The van der Waals surface area contributed by atoms with Crippen LogP contribution < -0.4 is 10.9 Å². The Hall–Kier alpha value is -1.14. The molecule has 0 spiro atoms. The number of ether oxygens (including phenoxy) is 1. The zero-order chi connectivity index (χ0) is 13.4. The van der Waals surface area contributed by atoms with Crippen LogP contribution in [0.3, 0.4) is 0 Å². The van der Waals surface area contributed by atoms with Crippen LogP contribution in [0.1, 0.15) is 12.8 Å². The number of carbonyl (C=O) groups excluding carboxylic acids is 1. The molecule has 1 aromatic heterocycles. The Morgan fingerprint density at radius 2 is 2.22 bits per heavy atom. The summed E-state index contributed by atoms with van der Waals surface area (Å²) < 4.78 is 7.23. The first-order valence-corrected chi connectivity index (χ1v) is 6.54. The van der Waals surface area contributed by atoms with Crippen LogP contribution in [0.5, 0.6) is 0 Å². The molecule has 0 saturated heterocycles. The number of nitrogens with one attached hydrogen (secondary N) is 1. The van der Waals surface area contributed by atoms with Crippen LogP contribution in [0, 0.1) is 0 Å². The highest BCUT2D eigenvalue weighted by molar-refractivity contribution is 9.10. The number of carbonyl (C=O) groups is 1. The van der Waals surface area contributed by atoms with Crippen LogP contribution in [-0.2, 0) is 16.1 Å². The van der Waals surface area contributed by atoms with Gasteiger partial charge in [-0.15, -0.1) is 0 Å². The van der Waals surface area contributed by atoms with E-state index in [0.717, 1.165) is 17.3 Å². The summed E-state index contributed by atoms with van der Waals surface area (Å²) in [7, 11) is 1.49. The predicted molar refractivity (Wildman–Crippen MR) is 72.5 cm³/mol. The van der Waals surface area contributed by atoms with E-state index < -0.39 is 0 Å². The second-order valence-electron chi connectivity index (χ2n) is 3.87. The summed E-state index contributed by atoms with van der Waals surface area (Å²) >= 11 is 3.32. The molecule has 0 radical (unpaired) electrons. The summed E-state index contributed by atoms with van der Waals surface area (Å²) in [6.45, 7) is 1.34. The molecule has 0 unspecified atom stereocenters. The van der Waals surface area contributed by atoms with Gasteiger partial charge < -0.3 is 14.6 Å². The molecule has 1 rings (SSSR count). The van der Waals surface area contributed by atoms with Gasteiger partial charge in [0.1, 0.15) is 6.61 Å². The van der Waals surface area contributed by atoms with E-state index in [2.05, 4.69) is 21.2 Å². The van der Waals surface area contributed by atoms with Gasteiger partial charge in [0, 0.05) is 36.9 Å². The number of aromatic nitrogens is 1. The topological polar surface area (TPSA) is 60.3 Å². The average Bonchev–Trinajstić information content (AvgIpc) is 2.33. The van der Waals surface area contributed by atoms with Crippen molar-refractivity contribution in [2.24, 2.45) is 0 Å². The van der Waals surface area contributed by atoms with E-state index in [1.807, 2.05) is 0 Å². The molecular formula is C12H17BrN2O3. The Morgan fingerprint density at radius 1 is 1.44 bits per heavy atom. The second-order valence-corrected chi connectivity index (χ2v) is 4.78. The molecule has 6 heteroatoms. The summed E-state index contributed by atoms with van der Waals surface area (Å²) in [5.74, 6) is -0.114. The van der Waals surface area contributed by atoms with Crippen LogP contribution in [0.2, 0.25) is 0 Å². The van der Waals surface area contributed by atoms with Gasteiger partial charge in [0.2, 0.25) is 5.91 Å². The number of amides is 1. The van der Waals surface area contributed by atoms with E-state index in [4.69, 9.17) is 4.74 Å². The van der Waals surface area contributed by atoms with Crippen molar-refractivity contribution in [1.29, 1.82) is 0 Å². The fourth-order valence-corrected chi connectivity index (χ4v) is 1.87. The monoisotopic (exact) mass is 316 g/mol. The van der Waals surface area contributed by atoms with Gasteiger partial charge in [-0.05, 0) is 34.8 Å². The minimum Gasteiger partial charge on any atom is -0.375 e. The first-order valence-electron chi connectivity index (χ1n) is 5.75. The van der Waals surface area contributed by atoms with E-state index in [9.17, 15) is 9.59 Å². The average molecular weight is 317 g/mol. The standard InChI is InChI=1S/C12H17BrN2O3/c1-18-9-11(16)14-6-2-3-7-15-8-10(13)4-5-12(15)17/h4-5,8H,2-3,6-7,9H2,1H3,(H,14,16). The lowest BCUT2D eigenvalue weighted by atomic mass is 10.3. The Morgan fingerprint density at radius 3 is 2.94 bits per heavy atom. The number of halogens is 1. The molecule has 1 N–H and O–H groups in total. The van der Waals surface area contributed by atoms with Gasteiger partial charge in [-0.1, -0.05) is 0 Å². The molecule has 1 heterocycles. The van der Waals surface area contributed by atoms with Crippen molar-refractivity contribution >= 4 is 21.8 Å². The minimum atomic E-state index is -0.114. The van der Waals surface area contributed by atoms with Crippen LogP contribution in [0.4, 0.5) is 0 Å². The Kier molecular flexibility index (Phi) is 6.67. The SMILES string of the molecule is COCC(=O)NCCCCn1cc(Br)ccc1=O. The van der Waals surface area contributed by atoms with Crippen molar-refractivity contribution in [3.05, 3.63) is 33.2 Å². The molecule has 0 aliphatic carbocycles. The summed E-state index contributed by atoms with van der Waals surface area (Å²) in [6, 6.07) is 3.26. The molecular weight excluding hydrogens is 300 g/mol. The van der Waals surface area contributed by atoms with Gasteiger partial charge in [-0.25, -0.2) is 0 Å². The van der Waals surface area contributed by atoms with Crippen LogP contribution in [0.25, 0.3) is 0 Å². The zero-order valence-corrected chi connectivity index (χ0v) is 11.9. The zero-order valence-electron chi connectivity index (χ0n) is 10.3. The van der Waals surface area contributed by atoms with Crippen molar-refractivity contribution < 1.29 is 9.53 Å². The van der Waals surface area contributed by atoms with Crippen LogP contribution in [0.15, 0.2) is 27.6 Å². The lowest BCUT2D eigenvalue weighted by Crippen LogP contribution is -2.28. The highest BCUT2D eigenvalue weighted by Gasteiger charge is 1.99. The molecule has 0 atom stereocenters. The van der Waals surface area contributed by atoms with E-state index in [1.165, 1.54) is 13.2 Å². The maximum Gasteiger partial charge on any atom is 0.250 e. The third kappa shape index (κ3) is 5.46. The van der Waals surface area contributed by atoms with Gasteiger partial charge in [0.25, 0.3) is 5.56 Å². The Bertz CT molecular complexity index is 445. The summed E-state index contributed by atoms with van der Waals surface area (Å²) in [6.07, 6.45) is 3.43. The van der Waals surface area contributed by atoms with Crippen molar-refractivity contribution in [2.45, 2.75) is 19.4 Å². The molecule has 1 aromatic rings. The maximum absolute atomic E-state index is 11.5. The summed E-state index contributed by atoms with van der Waals surface area (Å²) in [5.41, 5.74) is -0.0124. The number of aryl methyl sites for hydroxylation is 1. The molecule has 0 bridgehead atoms. The molecule has 0 saturated carbocycles. The number of pyridine rings is 1. The fourth-order valence-electron chi connectivity index (χ4n) is 1.49. The largest absolute Gasteiger partial charge is 0.375 e. The van der Waals surface area contributed by atoms with Gasteiger partial charge in [0.15, 0.2) is 0 Å². The van der Waals surface area contributed by atoms with Crippen LogP contribution >= 0.6 is 15.9 Å². The third-order valence-electron chi connectivity index (χ3n) is 2.37. The number of rotatable bonds is 7. The predicted octanol–water partition coefficient (Wildman–Crippen LogP) is 1.15. The van der Waals surface area contributed by atoms with E-state index >= 15 is 0 Å². The lowest BCUT2D eigenvalue weighted by molar-refractivity contribution is -0.124. The van der Waals surface area contributed by atoms with Crippen molar-refractivity contribution in [1.82, 2.24) is 9.88 Å². The third-order valence-corrected chi connectivity index (χ3v) is 2.84.